The first-order valence-corrected chi connectivity index (χ1v) is 13.9. The van der Waals surface area contributed by atoms with Crippen LogP contribution >= 0.6 is 23.2 Å². The van der Waals surface area contributed by atoms with Gasteiger partial charge in [0.2, 0.25) is 5.91 Å². The normalized spacial score (nSPS) is 22.9. The lowest BCUT2D eigenvalue weighted by Gasteiger charge is -2.48. The monoisotopic (exact) mass is 546 g/mol. The Morgan fingerprint density at radius 2 is 1.73 bits per heavy atom. The molecule has 0 spiro atoms. The summed E-state index contributed by atoms with van der Waals surface area (Å²) in [4.78, 5) is 42.7. The van der Waals surface area contributed by atoms with Gasteiger partial charge in [0.25, 0.3) is 5.91 Å². The highest BCUT2D eigenvalue weighted by atomic mass is 35.5. The molecule has 198 valence electrons. The van der Waals surface area contributed by atoms with Crippen LogP contribution in [-0.4, -0.2) is 62.6 Å². The third-order valence-corrected chi connectivity index (χ3v) is 8.19. The van der Waals surface area contributed by atoms with E-state index < -0.39 is 0 Å². The summed E-state index contributed by atoms with van der Waals surface area (Å²) in [7, 11) is 0. The maximum atomic E-state index is 13.6. The first-order chi connectivity index (χ1) is 17.8. The number of carbonyl (C=O) groups is 3. The second-order valence-electron chi connectivity index (χ2n) is 10.2. The van der Waals surface area contributed by atoms with Crippen molar-refractivity contribution in [1.82, 2.24) is 19.6 Å². The van der Waals surface area contributed by atoms with Crippen molar-refractivity contribution < 1.29 is 19.1 Å². The number of halogens is 2. The van der Waals surface area contributed by atoms with Crippen molar-refractivity contribution in [1.29, 1.82) is 0 Å². The summed E-state index contributed by atoms with van der Waals surface area (Å²) in [5.74, 6) is -0.314. The second-order valence-corrected chi connectivity index (χ2v) is 11.1. The number of aromatic nitrogens is 2. The Bertz CT molecular complexity index is 1160. The molecule has 0 saturated carbocycles. The van der Waals surface area contributed by atoms with Crippen LogP contribution in [0.25, 0.3) is 0 Å². The number of aryl methyl sites for hydroxylation is 1. The van der Waals surface area contributed by atoms with Crippen LogP contribution in [0.2, 0.25) is 10.0 Å². The maximum Gasteiger partial charge on any atom is 0.309 e. The molecule has 2 bridgehead atoms. The van der Waals surface area contributed by atoms with Crippen LogP contribution in [0.4, 0.5) is 0 Å². The zero-order valence-corrected chi connectivity index (χ0v) is 22.5. The number of amides is 2. The molecule has 0 N–H and O–H groups in total. The molecule has 0 radical (unpaired) electrons. The molecular formula is C27H32Cl2N4O4. The highest BCUT2D eigenvalue weighted by Crippen LogP contribution is 2.38. The van der Waals surface area contributed by atoms with Gasteiger partial charge in [-0.2, -0.15) is 5.10 Å². The molecule has 3 aliphatic heterocycles. The van der Waals surface area contributed by atoms with E-state index in [1.165, 1.54) is 0 Å². The molecule has 37 heavy (non-hydrogen) atoms. The summed E-state index contributed by atoms with van der Waals surface area (Å²) < 4.78 is 7.10. The quantitative estimate of drug-likeness (QED) is 0.498. The lowest BCUT2D eigenvalue weighted by Crippen LogP contribution is -2.55. The minimum atomic E-state index is -0.146. The number of fused-ring (bicyclic) bond motifs is 3. The van der Waals surface area contributed by atoms with E-state index in [2.05, 4.69) is 5.10 Å². The van der Waals surface area contributed by atoms with Gasteiger partial charge in [-0.15, -0.1) is 0 Å². The Morgan fingerprint density at radius 1 is 1.03 bits per heavy atom. The Labute approximate surface area is 226 Å². The zero-order chi connectivity index (χ0) is 26.1. The largest absolute Gasteiger partial charge is 0.466 e. The van der Waals surface area contributed by atoms with Crippen LogP contribution in [0.3, 0.4) is 0 Å². The topological polar surface area (TPSA) is 84.7 Å². The summed E-state index contributed by atoms with van der Waals surface area (Å²) in [6, 6.07) is 7.22. The molecule has 0 aliphatic carbocycles. The SMILES string of the molecule is CCOC(=O)C1CC2CCCC(C1)N2C(=O)c1cc2n(n1)CCN(C(=O)CCc1cc(Cl)cc(Cl)c1)C2. The number of benzene rings is 1. The molecule has 2 atom stereocenters. The number of carbonyl (C=O) groups excluding carboxylic acids is 3. The van der Waals surface area contributed by atoms with Crippen LogP contribution in [0.5, 0.6) is 0 Å². The number of nitrogens with zero attached hydrogens (tertiary/aromatic N) is 4. The first-order valence-electron chi connectivity index (χ1n) is 13.1. The molecule has 1 aromatic heterocycles. The molecule has 10 heteroatoms. The van der Waals surface area contributed by atoms with E-state index in [0.29, 0.717) is 67.7 Å². The van der Waals surface area contributed by atoms with Crippen molar-refractivity contribution in [3.05, 3.63) is 51.3 Å². The van der Waals surface area contributed by atoms with Gasteiger partial charge >= 0.3 is 5.97 Å². The highest BCUT2D eigenvalue weighted by Gasteiger charge is 2.44. The van der Waals surface area contributed by atoms with Crippen molar-refractivity contribution in [2.45, 2.75) is 77.0 Å². The van der Waals surface area contributed by atoms with Gasteiger partial charge in [-0.3, -0.25) is 19.1 Å². The van der Waals surface area contributed by atoms with Crippen LogP contribution in [-0.2, 0) is 33.8 Å². The Kier molecular flexibility index (Phi) is 7.77. The summed E-state index contributed by atoms with van der Waals surface area (Å²) in [6.07, 6.45) is 5.06. The number of piperidine rings is 2. The van der Waals surface area contributed by atoms with Gasteiger partial charge in [-0.25, -0.2) is 0 Å². The smallest absolute Gasteiger partial charge is 0.309 e. The molecular weight excluding hydrogens is 515 g/mol. The summed E-state index contributed by atoms with van der Waals surface area (Å²) in [6.45, 7) is 3.72. The van der Waals surface area contributed by atoms with E-state index >= 15 is 0 Å². The van der Waals surface area contributed by atoms with Gasteiger partial charge < -0.3 is 14.5 Å². The van der Waals surface area contributed by atoms with Crippen LogP contribution in [0.1, 0.15) is 67.2 Å². The zero-order valence-electron chi connectivity index (χ0n) is 21.0. The lowest BCUT2D eigenvalue weighted by atomic mass is 9.78. The van der Waals surface area contributed by atoms with Gasteiger partial charge in [0.1, 0.15) is 0 Å². The molecule has 5 rings (SSSR count). The summed E-state index contributed by atoms with van der Waals surface area (Å²) >= 11 is 12.2. The van der Waals surface area contributed by atoms with Gasteiger partial charge in [0.15, 0.2) is 5.69 Å². The van der Waals surface area contributed by atoms with Crippen molar-refractivity contribution >= 4 is 41.0 Å². The fourth-order valence-electron chi connectivity index (χ4n) is 6.05. The van der Waals surface area contributed by atoms with Gasteiger partial charge in [0.05, 0.1) is 31.3 Å². The van der Waals surface area contributed by atoms with E-state index in [4.69, 9.17) is 27.9 Å². The van der Waals surface area contributed by atoms with Gasteiger partial charge in [-0.05, 0) is 75.3 Å². The van der Waals surface area contributed by atoms with E-state index in [9.17, 15) is 14.4 Å². The molecule has 3 aliphatic rings. The number of hydrogen-bond acceptors (Lipinski definition) is 5. The Morgan fingerprint density at radius 3 is 2.41 bits per heavy atom. The molecule has 2 unspecified atom stereocenters. The van der Waals surface area contributed by atoms with E-state index in [1.807, 2.05) is 39.6 Å². The molecule has 2 amide bonds. The van der Waals surface area contributed by atoms with E-state index in [0.717, 1.165) is 30.5 Å². The van der Waals surface area contributed by atoms with Crippen molar-refractivity contribution in [3.8, 4) is 0 Å². The van der Waals surface area contributed by atoms with E-state index in [1.54, 1.807) is 6.07 Å². The molecule has 2 aromatic rings. The predicted octanol–water partition coefficient (Wildman–Crippen LogP) is 4.50. The third-order valence-electron chi connectivity index (χ3n) is 7.75. The first kappa shape index (κ1) is 26.0. The van der Waals surface area contributed by atoms with Crippen LogP contribution < -0.4 is 0 Å². The second kappa shape index (κ2) is 11.0. The minimum absolute atomic E-state index is 0.0335. The number of hydrogen-bond donors (Lipinski definition) is 0. The van der Waals surface area contributed by atoms with Crippen molar-refractivity contribution in [3.63, 3.8) is 0 Å². The fourth-order valence-corrected chi connectivity index (χ4v) is 6.62. The third kappa shape index (κ3) is 5.65. The fraction of sp³-hybridized carbons (Fsp3) is 0.556. The van der Waals surface area contributed by atoms with Crippen molar-refractivity contribution in [2.24, 2.45) is 5.92 Å². The van der Waals surface area contributed by atoms with Gasteiger partial charge in [-0.1, -0.05) is 23.2 Å². The number of rotatable bonds is 6. The summed E-state index contributed by atoms with van der Waals surface area (Å²) in [5, 5.41) is 5.73. The average Bonchev–Trinajstić information content (AvgIpc) is 3.29. The maximum absolute atomic E-state index is 13.6. The lowest BCUT2D eigenvalue weighted by molar-refractivity contribution is -0.151. The van der Waals surface area contributed by atoms with Crippen LogP contribution in [0, 0.1) is 5.92 Å². The highest BCUT2D eigenvalue weighted by molar-refractivity contribution is 6.34. The van der Waals surface area contributed by atoms with Crippen molar-refractivity contribution in [2.75, 3.05) is 13.2 Å². The number of ether oxygens (including phenoxy) is 1. The van der Waals surface area contributed by atoms with Crippen LogP contribution in [0.15, 0.2) is 24.3 Å². The molecule has 2 fully saturated rings. The molecule has 1 aromatic carbocycles. The summed E-state index contributed by atoms with van der Waals surface area (Å²) in [5.41, 5.74) is 2.21. The Balaban J connectivity index is 1.23. The minimum Gasteiger partial charge on any atom is -0.466 e. The molecule has 4 heterocycles. The Hall–Kier alpha value is -2.58. The average molecular weight is 547 g/mol. The van der Waals surface area contributed by atoms with E-state index in [-0.39, 0.29) is 35.8 Å². The predicted molar refractivity (Wildman–Crippen MR) is 139 cm³/mol. The van der Waals surface area contributed by atoms with Gasteiger partial charge in [0, 0.05) is 35.1 Å². The number of esters is 1. The standard InChI is InChI=1S/C27H32Cl2N4O4/c1-2-37-27(36)18-12-21-4-3-5-22(13-18)33(21)26(35)24-15-23-16-31(8-9-32(23)30-24)25(34)7-6-17-10-19(28)14-20(29)11-17/h10-11,14-15,18,21-22H,2-9,12-13,16H2,1H3. The molecule has 8 nitrogen and oxygen atoms in total. The molecule has 2 saturated heterocycles.